The maximum atomic E-state index is 5.74. The van der Waals surface area contributed by atoms with Gasteiger partial charge in [0.05, 0.1) is 0 Å². The average molecular weight is 307 g/mol. The summed E-state index contributed by atoms with van der Waals surface area (Å²) in [6, 6.07) is 9.80. The first-order valence-electron chi connectivity index (χ1n) is 5.72. The van der Waals surface area contributed by atoms with Crippen LogP contribution in [-0.2, 0) is 6.54 Å². The van der Waals surface area contributed by atoms with Crippen molar-refractivity contribution in [2.24, 2.45) is 0 Å². The highest BCUT2D eigenvalue weighted by Crippen LogP contribution is 2.26. The van der Waals surface area contributed by atoms with E-state index >= 15 is 0 Å². The Morgan fingerprint density at radius 1 is 1.28 bits per heavy atom. The van der Waals surface area contributed by atoms with Crippen molar-refractivity contribution in [3.63, 3.8) is 0 Å². The molecule has 0 spiro atoms. The molecule has 0 saturated heterocycles. The third-order valence-electron chi connectivity index (χ3n) is 2.53. The molecule has 0 atom stereocenters. The Kier molecular flexibility index (Phi) is 4.33. The van der Waals surface area contributed by atoms with E-state index < -0.39 is 0 Å². The van der Waals surface area contributed by atoms with Gasteiger partial charge in [0.1, 0.15) is 5.75 Å². The first-order chi connectivity index (χ1) is 8.69. The van der Waals surface area contributed by atoms with Gasteiger partial charge in [0.15, 0.2) is 0 Å². The summed E-state index contributed by atoms with van der Waals surface area (Å²) < 4.78 is 6.79. The van der Waals surface area contributed by atoms with E-state index in [0.717, 1.165) is 27.9 Å². The van der Waals surface area contributed by atoms with Crippen LogP contribution in [0.4, 0.5) is 0 Å². The Labute approximate surface area is 115 Å². The SMILES string of the molecule is CNCc1ccc(Oc2ccc(Br)cc2C)nc1. The average Bonchev–Trinajstić information content (AvgIpc) is 2.35. The largest absolute Gasteiger partial charge is 0.439 e. The zero-order valence-electron chi connectivity index (χ0n) is 10.4. The van der Waals surface area contributed by atoms with E-state index in [9.17, 15) is 0 Å². The van der Waals surface area contributed by atoms with E-state index in [1.165, 1.54) is 0 Å². The van der Waals surface area contributed by atoms with E-state index in [0.29, 0.717) is 5.88 Å². The molecule has 1 aromatic carbocycles. The van der Waals surface area contributed by atoms with Crippen molar-refractivity contribution < 1.29 is 4.74 Å². The van der Waals surface area contributed by atoms with Crippen LogP contribution in [0.1, 0.15) is 11.1 Å². The van der Waals surface area contributed by atoms with E-state index in [1.807, 2.05) is 50.5 Å². The van der Waals surface area contributed by atoms with Gasteiger partial charge in [-0.1, -0.05) is 22.0 Å². The number of nitrogens with one attached hydrogen (secondary N) is 1. The van der Waals surface area contributed by atoms with E-state index in [1.54, 1.807) is 0 Å². The molecule has 2 aromatic rings. The van der Waals surface area contributed by atoms with Gasteiger partial charge in [-0.05, 0) is 43.3 Å². The predicted octanol–water partition coefficient (Wildman–Crippen LogP) is 3.66. The lowest BCUT2D eigenvalue weighted by molar-refractivity contribution is 0.459. The van der Waals surface area contributed by atoms with Gasteiger partial charge in [-0.15, -0.1) is 0 Å². The molecule has 0 aliphatic heterocycles. The minimum atomic E-state index is 0.611. The van der Waals surface area contributed by atoms with Crippen LogP contribution in [0.2, 0.25) is 0 Å². The molecule has 1 heterocycles. The number of aromatic nitrogens is 1. The molecule has 4 heteroatoms. The predicted molar refractivity (Wildman–Crippen MR) is 76.0 cm³/mol. The first kappa shape index (κ1) is 13.1. The molecule has 1 aromatic heterocycles. The van der Waals surface area contributed by atoms with Gasteiger partial charge >= 0.3 is 0 Å². The molecule has 0 bridgehead atoms. The second kappa shape index (κ2) is 5.98. The summed E-state index contributed by atoms with van der Waals surface area (Å²) in [5.74, 6) is 1.44. The number of pyridine rings is 1. The molecule has 0 aliphatic carbocycles. The lowest BCUT2D eigenvalue weighted by atomic mass is 10.2. The van der Waals surface area contributed by atoms with Crippen LogP contribution >= 0.6 is 15.9 Å². The molecule has 0 radical (unpaired) electrons. The Morgan fingerprint density at radius 2 is 2.11 bits per heavy atom. The molecule has 3 nitrogen and oxygen atoms in total. The highest BCUT2D eigenvalue weighted by Gasteiger charge is 2.03. The van der Waals surface area contributed by atoms with Crippen LogP contribution in [0.5, 0.6) is 11.6 Å². The molecule has 0 aliphatic rings. The fourth-order valence-electron chi connectivity index (χ4n) is 1.62. The number of nitrogens with zero attached hydrogens (tertiary/aromatic N) is 1. The molecule has 0 amide bonds. The molecular formula is C14H15BrN2O. The van der Waals surface area contributed by atoms with Gasteiger partial charge in [0.25, 0.3) is 0 Å². The van der Waals surface area contributed by atoms with Crippen molar-refractivity contribution in [2.45, 2.75) is 13.5 Å². The van der Waals surface area contributed by atoms with Crippen LogP contribution in [0.15, 0.2) is 41.0 Å². The number of benzene rings is 1. The lowest BCUT2D eigenvalue weighted by Crippen LogP contribution is -2.05. The Morgan fingerprint density at radius 3 is 2.72 bits per heavy atom. The zero-order chi connectivity index (χ0) is 13.0. The number of aryl methyl sites for hydroxylation is 1. The maximum absolute atomic E-state index is 5.74. The van der Waals surface area contributed by atoms with Crippen LogP contribution in [0, 0.1) is 6.92 Å². The lowest BCUT2D eigenvalue weighted by Gasteiger charge is -2.08. The van der Waals surface area contributed by atoms with Crippen molar-refractivity contribution in [2.75, 3.05) is 7.05 Å². The molecule has 2 rings (SSSR count). The monoisotopic (exact) mass is 306 g/mol. The van der Waals surface area contributed by atoms with Gasteiger partial charge in [-0.2, -0.15) is 0 Å². The minimum Gasteiger partial charge on any atom is -0.439 e. The second-order valence-electron chi connectivity index (χ2n) is 4.05. The van der Waals surface area contributed by atoms with E-state index in [-0.39, 0.29) is 0 Å². The fourth-order valence-corrected chi connectivity index (χ4v) is 2.10. The quantitative estimate of drug-likeness (QED) is 0.936. The summed E-state index contributed by atoms with van der Waals surface area (Å²) in [5, 5.41) is 3.08. The van der Waals surface area contributed by atoms with Gasteiger partial charge in [-0.25, -0.2) is 4.98 Å². The molecule has 0 saturated carbocycles. The molecule has 94 valence electrons. The van der Waals surface area contributed by atoms with E-state index in [4.69, 9.17) is 4.74 Å². The number of hydrogen-bond acceptors (Lipinski definition) is 3. The van der Waals surface area contributed by atoms with Crippen molar-refractivity contribution in [1.29, 1.82) is 0 Å². The molecule has 0 fully saturated rings. The number of rotatable bonds is 4. The first-order valence-corrected chi connectivity index (χ1v) is 6.52. The second-order valence-corrected chi connectivity index (χ2v) is 4.96. The summed E-state index contributed by atoms with van der Waals surface area (Å²) in [4.78, 5) is 4.28. The fraction of sp³-hybridized carbons (Fsp3) is 0.214. The summed E-state index contributed by atoms with van der Waals surface area (Å²) in [6.45, 7) is 2.82. The van der Waals surface area contributed by atoms with Crippen LogP contribution in [0.3, 0.4) is 0 Å². The zero-order valence-corrected chi connectivity index (χ0v) is 12.0. The molecular weight excluding hydrogens is 292 g/mol. The smallest absolute Gasteiger partial charge is 0.219 e. The summed E-state index contributed by atoms with van der Waals surface area (Å²) in [5.41, 5.74) is 2.21. The normalized spacial score (nSPS) is 10.4. The number of halogens is 1. The van der Waals surface area contributed by atoms with E-state index in [2.05, 4.69) is 26.2 Å². The summed E-state index contributed by atoms with van der Waals surface area (Å²) >= 11 is 3.43. The van der Waals surface area contributed by atoms with Crippen molar-refractivity contribution in [3.05, 3.63) is 52.1 Å². The molecule has 1 N–H and O–H groups in total. The van der Waals surface area contributed by atoms with Gasteiger partial charge in [-0.3, -0.25) is 0 Å². The Bertz CT molecular complexity index is 526. The molecule has 18 heavy (non-hydrogen) atoms. The highest BCUT2D eigenvalue weighted by molar-refractivity contribution is 9.10. The topological polar surface area (TPSA) is 34.1 Å². The number of hydrogen-bond donors (Lipinski definition) is 1. The van der Waals surface area contributed by atoms with Crippen molar-refractivity contribution in [1.82, 2.24) is 10.3 Å². The third-order valence-corrected chi connectivity index (χ3v) is 3.02. The highest BCUT2D eigenvalue weighted by atomic mass is 79.9. The molecule has 0 unspecified atom stereocenters. The van der Waals surface area contributed by atoms with Gasteiger partial charge in [0.2, 0.25) is 5.88 Å². The standard InChI is InChI=1S/C14H15BrN2O/c1-10-7-12(15)4-5-13(10)18-14-6-3-11(8-16-2)9-17-14/h3-7,9,16H,8H2,1-2H3. The summed E-state index contributed by atoms with van der Waals surface area (Å²) in [7, 11) is 1.91. The maximum Gasteiger partial charge on any atom is 0.219 e. The van der Waals surface area contributed by atoms with Crippen LogP contribution in [0.25, 0.3) is 0 Å². The van der Waals surface area contributed by atoms with Gasteiger partial charge < -0.3 is 10.1 Å². The Balaban J connectivity index is 2.13. The van der Waals surface area contributed by atoms with Crippen molar-refractivity contribution in [3.8, 4) is 11.6 Å². The third kappa shape index (κ3) is 3.31. The van der Waals surface area contributed by atoms with Gasteiger partial charge in [0, 0.05) is 23.3 Å². The van der Waals surface area contributed by atoms with Crippen LogP contribution < -0.4 is 10.1 Å². The van der Waals surface area contributed by atoms with Crippen molar-refractivity contribution >= 4 is 15.9 Å². The summed E-state index contributed by atoms with van der Waals surface area (Å²) in [6.07, 6.45) is 1.82. The Hall–Kier alpha value is -1.39. The minimum absolute atomic E-state index is 0.611. The number of ether oxygens (including phenoxy) is 1. The van der Waals surface area contributed by atoms with Crippen LogP contribution in [-0.4, -0.2) is 12.0 Å².